The van der Waals surface area contributed by atoms with Gasteiger partial charge in [0.05, 0.1) is 33.3 Å². The van der Waals surface area contributed by atoms with Gasteiger partial charge < -0.3 is 4.74 Å². The molecule has 234 valence electrons. The lowest BCUT2D eigenvalue weighted by Gasteiger charge is -2.30. The van der Waals surface area contributed by atoms with E-state index in [4.69, 9.17) is 9.73 Å². The normalized spacial score (nSPS) is 15.4. The van der Waals surface area contributed by atoms with Crippen molar-refractivity contribution in [3.8, 4) is 5.75 Å². The maximum absolute atomic E-state index is 14.2. The summed E-state index contributed by atoms with van der Waals surface area (Å²) in [6, 6.07) is 24.2. The average molecular weight is 868 g/mol. The third-order valence-electron chi connectivity index (χ3n) is 8.12. The Morgan fingerprint density at radius 1 is 0.915 bits per heavy atom. The predicted molar refractivity (Wildman–Crippen MR) is 195 cm³/mol. The zero-order chi connectivity index (χ0) is 32.8. The van der Waals surface area contributed by atoms with E-state index in [0.717, 1.165) is 41.5 Å². The lowest BCUT2D eigenvalue weighted by Crippen LogP contribution is -2.38. The van der Waals surface area contributed by atoms with Crippen molar-refractivity contribution in [1.29, 1.82) is 0 Å². The monoisotopic (exact) mass is 868 g/mol. The van der Waals surface area contributed by atoms with Crippen LogP contribution in [0.2, 0.25) is 0 Å². The van der Waals surface area contributed by atoms with E-state index in [1.807, 2.05) is 42.5 Å². The first-order chi connectivity index (χ1) is 22.7. The molecular weight excluding hydrogens is 846 g/mol. The maximum Gasteiger partial charge on any atom is 0.271 e. The van der Waals surface area contributed by atoms with Crippen molar-refractivity contribution >= 4 is 79.7 Å². The van der Waals surface area contributed by atoms with Crippen molar-refractivity contribution in [1.82, 2.24) is 4.57 Å². The number of ether oxygens (including phenoxy) is 1. The molecule has 1 atom stereocenters. The molecular formula is C34H22I2N4O6S. The lowest BCUT2D eigenvalue weighted by molar-refractivity contribution is -0.385. The highest BCUT2D eigenvalue weighted by Crippen LogP contribution is 2.41. The summed E-state index contributed by atoms with van der Waals surface area (Å²) in [4.78, 5) is 41.5. The number of aromatic nitrogens is 1. The van der Waals surface area contributed by atoms with Crippen LogP contribution in [0.1, 0.15) is 40.3 Å². The number of non-ortho nitro benzene ring substituents is 2. The van der Waals surface area contributed by atoms with Crippen molar-refractivity contribution in [3.05, 3.63) is 165 Å². The van der Waals surface area contributed by atoms with Gasteiger partial charge in [-0.15, -0.1) is 0 Å². The Kier molecular flexibility index (Phi) is 8.52. The molecule has 5 aromatic rings. The maximum atomic E-state index is 14.2. The minimum Gasteiger partial charge on any atom is -0.487 e. The highest BCUT2D eigenvalue weighted by molar-refractivity contribution is 14.1. The quantitative estimate of drug-likeness (QED) is 0.0993. The third-order valence-corrected chi connectivity index (χ3v) is 10.7. The summed E-state index contributed by atoms with van der Waals surface area (Å²) >= 11 is 5.70. The predicted octanol–water partition coefficient (Wildman–Crippen LogP) is 6.92. The Hall–Kier alpha value is -4.22. The van der Waals surface area contributed by atoms with E-state index >= 15 is 0 Å². The first-order valence-electron chi connectivity index (χ1n) is 14.4. The first-order valence-corrected chi connectivity index (χ1v) is 17.4. The van der Waals surface area contributed by atoms with Crippen LogP contribution in [0.3, 0.4) is 0 Å². The number of hydrogen-bond donors (Lipinski definition) is 0. The van der Waals surface area contributed by atoms with E-state index in [9.17, 15) is 25.0 Å². The van der Waals surface area contributed by atoms with Crippen LogP contribution in [0.5, 0.6) is 5.75 Å². The SMILES string of the molecule is O=c1/c(=C/c2cc(I)c(OCc3ccc([N+](=O)[O-])cc3)c(I)c2)sc2n1C(c1cccc([N+](=O)[O-])c1)C1=C(N=2)c2ccccc2CC1. The largest absolute Gasteiger partial charge is 0.487 e. The number of rotatable bonds is 7. The molecule has 1 unspecified atom stereocenters. The number of aryl methyl sites for hydroxylation is 1. The van der Waals surface area contributed by atoms with E-state index in [1.165, 1.54) is 35.1 Å². The highest BCUT2D eigenvalue weighted by Gasteiger charge is 2.33. The van der Waals surface area contributed by atoms with Crippen molar-refractivity contribution in [2.24, 2.45) is 4.99 Å². The van der Waals surface area contributed by atoms with Gasteiger partial charge in [0, 0.05) is 29.8 Å². The Morgan fingerprint density at radius 3 is 2.36 bits per heavy atom. The van der Waals surface area contributed by atoms with Crippen LogP contribution < -0.4 is 19.6 Å². The van der Waals surface area contributed by atoms with E-state index in [1.54, 1.807) is 28.8 Å². The number of allylic oxidation sites excluding steroid dienone is 1. The lowest BCUT2D eigenvalue weighted by atomic mass is 9.83. The molecule has 0 spiro atoms. The fourth-order valence-electron chi connectivity index (χ4n) is 5.95. The Bertz CT molecular complexity index is 2310. The molecule has 47 heavy (non-hydrogen) atoms. The number of nitrogens with zero attached hydrogens (tertiary/aromatic N) is 4. The van der Waals surface area contributed by atoms with Crippen LogP contribution in [-0.2, 0) is 13.0 Å². The van der Waals surface area contributed by atoms with Crippen LogP contribution in [0.4, 0.5) is 11.4 Å². The van der Waals surface area contributed by atoms with Crippen LogP contribution in [0, 0.1) is 27.4 Å². The number of nitro benzene ring substituents is 2. The van der Waals surface area contributed by atoms with E-state index in [-0.39, 0.29) is 23.5 Å². The third kappa shape index (κ3) is 6.02. The number of hydrogen-bond acceptors (Lipinski definition) is 8. The molecule has 1 aliphatic heterocycles. The van der Waals surface area contributed by atoms with Gasteiger partial charge in [0.2, 0.25) is 0 Å². The van der Waals surface area contributed by atoms with Crippen LogP contribution in [-0.4, -0.2) is 14.4 Å². The van der Waals surface area contributed by atoms with E-state index < -0.39 is 15.9 Å². The van der Waals surface area contributed by atoms with Crippen molar-refractivity contribution in [2.45, 2.75) is 25.5 Å². The zero-order valence-corrected chi connectivity index (χ0v) is 29.4. The fourth-order valence-corrected chi connectivity index (χ4v) is 9.08. The molecule has 4 aromatic carbocycles. The van der Waals surface area contributed by atoms with Gasteiger partial charge in [0.25, 0.3) is 16.9 Å². The van der Waals surface area contributed by atoms with Crippen molar-refractivity contribution < 1.29 is 14.6 Å². The van der Waals surface area contributed by atoms with Gasteiger partial charge in [0.15, 0.2) is 4.80 Å². The smallest absolute Gasteiger partial charge is 0.271 e. The summed E-state index contributed by atoms with van der Waals surface area (Å²) in [7, 11) is 0. The first kappa shape index (κ1) is 31.4. The second-order valence-corrected chi connectivity index (χ2v) is 14.3. The summed E-state index contributed by atoms with van der Waals surface area (Å²) in [5.74, 6) is 0.681. The van der Waals surface area contributed by atoms with Gasteiger partial charge in [0.1, 0.15) is 12.4 Å². The zero-order valence-electron chi connectivity index (χ0n) is 24.3. The molecule has 10 nitrogen and oxygen atoms in total. The molecule has 2 heterocycles. The van der Waals surface area contributed by atoms with Gasteiger partial charge in [-0.05, 0) is 116 Å². The highest BCUT2D eigenvalue weighted by atomic mass is 127. The molecule has 13 heteroatoms. The number of fused-ring (bicyclic) bond motifs is 3. The summed E-state index contributed by atoms with van der Waals surface area (Å²) in [5, 5.41) is 22.7. The topological polar surface area (TPSA) is 130 Å². The van der Waals surface area contributed by atoms with Crippen LogP contribution in [0.25, 0.3) is 11.8 Å². The Labute approximate surface area is 298 Å². The number of nitro groups is 2. The molecule has 1 aromatic heterocycles. The molecule has 0 radical (unpaired) electrons. The molecule has 0 amide bonds. The van der Waals surface area contributed by atoms with Gasteiger partial charge in [-0.1, -0.05) is 47.7 Å². The van der Waals surface area contributed by atoms with Gasteiger partial charge in [-0.2, -0.15) is 0 Å². The minimum absolute atomic E-state index is 0.0222. The summed E-state index contributed by atoms with van der Waals surface area (Å²) in [6.45, 7) is 0.243. The molecule has 0 saturated heterocycles. The summed E-state index contributed by atoms with van der Waals surface area (Å²) < 4.78 is 9.96. The number of thiazole rings is 1. The van der Waals surface area contributed by atoms with Gasteiger partial charge in [-0.25, -0.2) is 4.99 Å². The van der Waals surface area contributed by atoms with Crippen LogP contribution >= 0.6 is 56.5 Å². The second-order valence-electron chi connectivity index (χ2n) is 11.0. The van der Waals surface area contributed by atoms with Crippen molar-refractivity contribution in [3.63, 3.8) is 0 Å². The molecule has 0 N–H and O–H groups in total. The minimum atomic E-state index is -0.521. The number of benzene rings is 4. The molecule has 0 saturated carbocycles. The van der Waals surface area contributed by atoms with Crippen LogP contribution in [0.15, 0.2) is 100 Å². The molecule has 0 fully saturated rings. The molecule has 0 bridgehead atoms. The Morgan fingerprint density at radius 2 is 1.64 bits per heavy atom. The van der Waals surface area contributed by atoms with E-state index in [2.05, 4.69) is 51.2 Å². The molecule has 1 aliphatic carbocycles. The second kappa shape index (κ2) is 12.8. The standard InChI is InChI=1S/C34H22I2N4O6S/c35-27-14-20(15-28(36)32(27)46-18-19-8-11-23(12-9-19)39(42)43)16-29-33(41)38-31(22-5-3-6-24(17-22)40(44)45)26-13-10-21-4-1-2-7-25(21)30(26)37-34(38)47-29/h1-9,11-12,14-17,31H,10,13,18H2/b29-16-. The Balaban J connectivity index is 1.29. The summed E-state index contributed by atoms with van der Waals surface area (Å²) in [6.07, 6.45) is 3.32. The van der Waals surface area contributed by atoms with Gasteiger partial charge >= 0.3 is 0 Å². The number of halogens is 2. The van der Waals surface area contributed by atoms with E-state index in [0.29, 0.717) is 27.1 Å². The fraction of sp³-hybridized carbons (Fsp3) is 0.118. The molecule has 7 rings (SSSR count). The van der Waals surface area contributed by atoms with Gasteiger partial charge in [-0.3, -0.25) is 29.6 Å². The summed E-state index contributed by atoms with van der Waals surface area (Å²) in [5.41, 5.74) is 6.09. The van der Waals surface area contributed by atoms with Crippen molar-refractivity contribution in [2.75, 3.05) is 0 Å². The average Bonchev–Trinajstić information content (AvgIpc) is 3.37. The molecule has 2 aliphatic rings.